The molecule has 0 fully saturated rings. The van der Waals surface area contributed by atoms with E-state index in [1.54, 1.807) is 24.3 Å². The van der Waals surface area contributed by atoms with E-state index in [2.05, 4.69) is 15.6 Å². The molecule has 13 heteroatoms. The van der Waals surface area contributed by atoms with E-state index in [9.17, 15) is 27.6 Å². The number of esters is 1. The molecule has 0 aliphatic rings. The fraction of sp³-hybridized carbons (Fsp3) is 0.129. The monoisotopic (exact) mass is 616 g/mol. The molecule has 0 saturated carbocycles. The zero-order valence-electron chi connectivity index (χ0n) is 23.3. The molecule has 0 saturated heterocycles. The summed E-state index contributed by atoms with van der Waals surface area (Å²) in [5.74, 6) is -2.06. The Kier molecular flexibility index (Phi) is 10.7. The summed E-state index contributed by atoms with van der Waals surface area (Å²) in [7, 11) is -4.28. The Balaban J connectivity index is 1.23. The highest BCUT2D eigenvalue weighted by Gasteiger charge is 2.20. The third kappa shape index (κ3) is 9.22. The average Bonchev–Trinajstić information content (AvgIpc) is 3.05. The van der Waals surface area contributed by atoms with Gasteiger partial charge >= 0.3 is 5.97 Å². The van der Waals surface area contributed by atoms with Crippen LogP contribution in [0.2, 0.25) is 0 Å². The molecule has 0 radical (unpaired) electrons. The number of hydrogen-bond donors (Lipinski definition) is 3. The molecule has 0 unspecified atom stereocenters. The molecule has 3 aromatic carbocycles. The number of nitrogens with zero attached hydrogens (tertiary/aromatic N) is 1. The lowest BCUT2D eigenvalue weighted by molar-refractivity contribution is -0.143. The van der Waals surface area contributed by atoms with Gasteiger partial charge in [-0.1, -0.05) is 48.5 Å². The smallest absolute Gasteiger partial charge is 0.325 e. The molecule has 0 atom stereocenters. The summed E-state index contributed by atoms with van der Waals surface area (Å²) < 4.78 is 38.0. The number of nitrogens with one attached hydrogen (secondary N) is 3. The summed E-state index contributed by atoms with van der Waals surface area (Å²) in [4.78, 5) is 52.8. The number of para-hydroxylation sites is 1. The van der Waals surface area contributed by atoms with Gasteiger partial charge < -0.3 is 20.1 Å². The van der Waals surface area contributed by atoms with Gasteiger partial charge in [0.15, 0.2) is 0 Å². The Labute approximate surface area is 253 Å². The molecule has 12 nitrogen and oxygen atoms in total. The second kappa shape index (κ2) is 15.1. The van der Waals surface area contributed by atoms with Crippen LogP contribution in [0.3, 0.4) is 0 Å². The first-order valence-corrected chi connectivity index (χ1v) is 14.8. The van der Waals surface area contributed by atoms with Gasteiger partial charge in [0, 0.05) is 11.8 Å². The fourth-order valence-corrected chi connectivity index (χ4v) is 4.65. The maximum Gasteiger partial charge on any atom is 0.325 e. The van der Waals surface area contributed by atoms with E-state index >= 15 is 0 Å². The van der Waals surface area contributed by atoms with Crippen molar-refractivity contribution in [3.8, 4) is 5.75 Å². The Morgan fingerprint density at radius 1 is 0.705 bits per heavy atom. The summed E-state index contributed by atoms with van der Waals surface area (Å²) in [5.41, 5.74) is 0.796. The van der Waals surface area contributed by atoms with Gasteiger partial charge in [0.2, 0.25) is 0 Å². The average molecular weight is 617 g/mol. The van der Waals surface area contributed by atoms with Gasteiger partial charge in [0.25, 0.3) is 27.7 Å². The summed E-state index contributed by atoms with van der Waals surface area (Å²) in [6, 6.07) is 25.6. The van der Waals surface area contributed by atoms with Crippen LogP contribution in [0.25, 0.3) is 0 Å². The van der Waals surface area contributed by atoms with Crippen LogP contribution in [0.5, 0.6) is 5.75 Å². The second-order valence-electron chi connectivity index (χ2n) is 9.14. The predicted molar refractivity (Wildman–Crippen MR) is 158 cm³/mol. The van der Waals surface area contributed by atoms with E-state index in [0.29, 0.717) is 5.75 Å². The number of sulfonamides is 1. The molecular weight excluding hydrogens is 588 g/mol. The number of carbonyl (C=O) groups is 4. The minimum absolute atomic E-state index is 0.0609. The largest absolute Gasteiger partial charge is 0.492 e. The number of ether oxygens (including phenoxy) is 2. The number of pyridine rings is 1. The Hall–Kier alpha value is -5.56. The predicted octanol–water partition coefficient (Wildman–Crippen LogP) is 2.48. The van der Waals surface area contributed by atoms with E-state index < -0.39 is 40.3 Å². The van der Waals surface area contributed by atoms with Gasteiger partial charge in [-0.15, -0.1) is 0 Å². The fourth-order valence-electron chi connectivity index (χ4n) is 3.67. The molecule has 0 aliphatic carbocycles. The summed E-state index contributed by atoms with van der Waals surface area (Å²) in [5, 5.41) is 5.05. The lowest BCUT2D eigenvalue weighted by Gasteiger charge is -2.09. The molecule has 3 N–H and O–H groups in total. The number of amides is 3. The van der Waals surface area contributed by atoms with Crippen molar-refractivity contribution in [3.05, 3.63) is 126 Å². The molecule has 0 bridgehead atoms. The highest BCUT2D eigenvalue weighted by molar-refractivity contribution is 7.90. The lowest BCUT2D eigenvalue weighted by atomic mass is 10.2. The van der Waals surface area contributed by atoms with Gasteiger partial charge in [-0.25, -0.2) is 13.1 Å². The third-order valence-electron chi connectivity index (χ3n) is 5.95. The van der Waals surface area contributed by atoms with Crippen LogP contribution in [0, 0.1) is 0 Å². The molecule has 3 amide bonds. The van der Waals surface area contributed by atoms with E-state index in [-0.39, 0.29) is 41.5 Å². The lowest BCUT2D eigenvalue weighted by Crippen LogP contribution is -2.32. The van der Waals surface area contributed by atoms with Crippen molar-refractivity contribution in [2.45, 2.75) is 11.5 Å². The Bertz CT molecular complexity index is 1700. The van der Waals surface area contributed by atoms with Crippen LogP contribution in [-0.4, -0.2) is 56.8 Å². The van der Waals surface area contributed by atoms with Gasteiger partial charge in [-0.2, -0.15) is 0 Å². The van der Waals surface area contributed by atoms with Gasteiger partial charge in [-0.05, 0) is 54.1 Å². The molecule has 1 heterocycles. The summed E-state index contributed by atoms with van der Waals surface area (Å²) >= 11 is 0. The maximum absolute atomic E-state index is 12.7. The van der Waals surface area contributed by atoms with Gasteiger partial charge in [0.05, 0.1) is 17.0 Å². The highest BCUT2D eigenvalue weighted by atomic mass is 32.2. The van der Waals surface area contributed by atoms with Crippen molar-refractivity contribution in [2.24, 2.45) is 0 Å². The van der Waals surface area contributed by atoms with Crippen LogP contribution >= 0.6 is 0 Å². The molecule has 44 heavy (non-hydrogen) atoms. The van der Waals surface area contributed by atoms with Crippen molar-refractivity contribution >= 4 is 33.7 Å². The minimum atomic E-state index is -4.28. The van der Waals surface area contributed by atoms with E-state index in [0.717, 1.165) is 11.8 Å². The van der Waals surface area contributed by atoms with Gasteiger partial charge in [-0.3, -0.25) is 24.2 Å². The summed E-state index contributed by atoms with van der Waals surface area (Å²) in [6.45, 7) is 0.153. The molecule has 0 aliphatic heterocycles. The standard InChI is InChI=1S/C31H28N4O8S/c36-28(43-21-22-7-3-1-4-8-22)20-34-31(39)27-16-13-24(19-33-27)30(38)35-44(40,41)26-14-11-23(12-15-26)29(37)32-17-18-42-25-9-5-2-6-10-25/h1-16,19H,17-18,20-21H2,(H,32,37)(H,34,39)(H,35,38). The van der Waals surface area contributed by atoms with Crippen LogP contribution < -0.4 is 20.1 Å². The first-order valence-electron chi connectivity index (χ1n) is 13.3. The Morgan fingerprint density at radius 3 is 2.02 bits per heavy atom. The number of benzene rings is 3. The first kappa shape index (κ1) is 31.4. The molecule has 1 aromatic heterocycles. The molecular formula is C31H28N4O8S. The van der Waals surface area contributed by atoms with E-state index in [1.807, 2.05) is 41.1 Å². The van der Waals surface area contributed by atoms with Crippen molar-refractivity contribution < 1.29 is 37.1 Å². The highest BCUT2D eigenvalue weighted by Crippen LogP contribution is 2.12. The van der Waals surface area contributed by atoms with E-state index in [1.165, 1.54) is 36.4 Å². The second-order valence-corrected chi connectivity index (χ2v) is 10.8. The van der Waals surface area contributed by atoms with Crippen molar-refractivity contribution in [1.82, 2.24) is 20.3 Å². The quantitative estimate of drug-likeness (QED) is 0.151. The zero-order chi connectivity index (χ0) is 31.4. The topological polar surface area (TPSA) is 170 Å². The number of hydrogen-bond acceptors (Lipinski definition) is 9. The van der Waals surface area contributed by atoms with Gasteiger partial charge in [0.1, 0.15) is 31.2 Å². The third-order valence-corrected chi connectivity index (χ3v) is 7.29. The van der Waals surface area contributed by atoms with Crippen LogP contribution in [0.15, 0.2) is 108 Å². The van der Waals surface area contributed by atoms with Crippen LogP contribution in [0.1, 0.15) is 36.8 Å². The first-order chi connectivity index (χ1) is 21.2. The molecule has 0 spiro atoms. The van der Waals surface area contributed by atoms with Crippen LogP contribution in [0.4, 0.5) is 0 Å². The number of carbonyl (C=O) groups excluding carboxylic acids is 4. The van der Waals surface area contributed by atoms with Crippen molar-refractivity contribution in [1.29, 1.82) is 0 Å². The number of rotatable bonds is 13. The van der Waals surface area contributed by atoms with Crippen molar-refractivity contribution in [2.75, 3.05) is 19.7 Å². The SMILES string of the molecule is O=C(CNC(=O)c1ccc(C(=O)NS(=O)(=O)c2ccc(C(=O)NCCOc3ccccc3)cc2)cn1)OCc1ccccc1. The van der Waals surface area contributed by atoms with Crippen LogP contribution in [-0.2, 0) is 26.2 Å². The number of aromatic nitrogens is 1. The minimum Gasteiger partial charge on any atom is -0.492 e. The molecule has 4 rings (SSSR count). The van der Waals surface area contributed by atoms with E-state index in [4.69, 9.17) is 9.47 Å². The Morgan fingerprint density at radius 2 is 1.36 bits per heavy atom. The van der Waals surface area contributed by atoms with Crippen molar-refractivity contribution in [3.63, 3.8) is 0 Å². The molecule has 4 aromatic rings. The maximum atomic E-state index is 12.7. The summed E-state index contributed by atoms with van der Waals surface area (Å²) in [6.07, 6.45) is 1.03. The normalized spacial score (nSPS) is 10.7. The zero-order valence-corrected chi connectivity index (χ0v) is 24.1. The molecule has 226 valence electrons.